The summed E-state index contributed by atoms with van der Waals surface area (Å²) in [5.74, 6) is -2.94. The first-order chi connectivity index (χ1) is 15.1. The highest BCUT2D eigenvalue weighted by atomic mass is 16.6. The fourth-order valence-corrected chi connectivity index (χ4v) is 3.96. The van der Waals surface area contributed by atoms with Crippen LogP contribution < -0.4 is 0 Å². The Morgan fingerprint density at radius 3 is 2.38 bits per heavy atom. The fraction of sp³-hybridized carbons (Fsp3) is 0.565. The molecule has 3 atom stereocenters. The Morgan fingerprint density at radius 1 is 1.09 bits per heavy atom. The molecule has 174 valence electrons. The van der Waals surface area contributed by atoms with Crippen LogP contribution in [0.3, 0.4) is 0 Å². The van der Waals surface area contributed by atoms with Crippen LogP contribution in [0.2, 0.25) is 0 Å². The summed E-state index contributed by atoms with van der Waals surface area (Å²) in [5, 5.41) is 0. The molecule has 2 fully saturated rings. The van der Waals surface area contributed by atoms with Gasteiger partial charge in [-0.2, -0.15) is 0 Å². The van der Waals surface area contributed by atoms with Crippen LogP contribution in [-0.4, -0.2) is 71.8 Å². The first-order valence-electron chi connectivity index (χ1n) is 10.8. The average Bonchev–Trinajstić information content (AvgIpc) is 3.32. The standard InChI is InChI=1S/C23H30N2O7/c1-5-30-20(27)18-13-24(21(28)32-23(2,3)4)12-17(18)19(26)25-16(14-31-22(25)29)11-15-9-7-6-8-10-15/h6-10,16-18H,5,11-14H2,1-4H3/t16-,17+,18+/m0/s1. The number of cyclic esters (lactones) is 1. The molecule has 0 radical (unpaired) electrons. The van der Waals surface area contributed by atoms with Crippen LogP contribution in [0, 0.1) is 11.8 Å². The zero-order valence-corrected chi connectivity index (χ0v) is 18.9. The van der Waals surface area contributed by atoms with Crippen LogP contribution in [0.5, 0.6) is 0 Å². The number of carbonyl (C=O) groups is 4. The number of imide groups is 1. The molecule has 0 N–H and O–H groups in total. The molecule has 0 unspecified atom stereocenters. The van der Waals surface area contributed by atoms with E-state index in [0.29, 0.717) is 6.42 Å². The molecule has 3 amide bonds. The van der Waals surface area contributed by atoms with E-state index in [-0.39, 0.29) is 26.3 Å². The zero-order valence-electron chi connectivity index (χ0n) is 18.9. The number of ether oxygens (including phenoxy) is 3. The minimum absolute atomic E-state index is 0.0175. The Balaban J connectivity index is 1.81. The van der Waals surface area contributed by atoms with Gasteiger partial charge in [0.2, 0.25) is 5.91 Å². The number of esters is 1. The molecule has 2 heterocycles. The van der Waals surface area contributed by atoms with E-state index in [0.717, 1.165) is 10.5 Å². The Labute approximate surface area is 187 Å². The van der Waals surface area contributed by atoms with E-state index in [9.17, 15) is 19.2 Å². The van der Waals surface area contributed by atoms with Gasteiger partial charge in [-0.15, -0.1) is 0 Å². The van der Waals surface area contributed by atoms with E-state index in [1.807, 2.05) is 30.3 Å². The van der Waals surface area contributed by atoms with E-state index in [4.69, 9.17) is 14.2 Å². The third kappa shape index (κ3) is 5.38. The Kier molecular flexibility index (Phi) is 7.06. The predicted octanol–water partition coefficient (Wildman–Crippen LogP) is 2.62. The van der Waals surface area contributed by atoms with Crippen LogP contribution in [0.4, 0.5) is 9.59 Å². The monoisotopic (exact) mass is 446 g/mol. The smallest absolute Gasteiger partial charge is 0.416 e. The summed E-state index contributed by atoms with van der Waals surface area (Å²) in [6, 6.07) is 8.98. The number of likely N-dealkylation sites (tertiary alicyclic amines) is 1. The summed E-state index contributed by atoms with van der Waals surface area (Å²) in [5.41, 5.74) is 0.232. The molecule has 9 nitrogen and oxygen atoms in total. The van der Waals surface area contributed by atoms with Gasteiger partial charge in [0.1, 0.15) is 12.2 Å². The van der Waals surface area contributed by atoms with Crippen LogP contribution in [0.25, 0.3) is 0 Å². The summed E-state index contributed by atoms with van der Waals surface area (Å²) in [7, 11) is 0. The number of carbonyl (C=O) groups excluding carboxylic acids is 4. The highest BCUT2D eigenvalue weighted by Crippen LogP contribution is 2.31. The molecule has 2 aliphatic heterocycles. The summed E-state index contributed by atoms with van der Waals surface area (Å²) >= 11 is 0. The summed E-state index contributed by atoms with van der Waals surface area (Å²) in [6.45, 7) is 7.04. The largest absolute Gasteiger partial charge is 0.466 e. The lowest BCUT2D eigenvalue weighted by atomic mass is 9.93. The highest BCUT2D eigenvalue weighted by molar-refractivity contribution is 5.97. The normalized spacial score (nSPS) is 23.1. The third-order valence-corrected chi connectivity index (χ3v) is 5.39. The van der Waals surface area contributed by atoms with Gasteiger partial charge >= 0.3 is 18.2 Å². The predicted molar refractivity (Wildman–Crippen MR) is 114 cm³/mol. The Morgan fingerprint density at radius 2 is 1.75 bits per heavy atom. The number of hydrogen-bond donors (Lipinski definition) is 0. The lowest BCUT2D eigenvalue weighted by Crippen LogP contribution is -2.46. The number of rotatable bonds is 5. The lowest BCUT2D eigenvalue weighted by molar-refractivity contribution is -0.152. The van der Waals surface area contributed by atoms with Gasteiger partial charge in [-0.05, 0) is 39.7 Å². The van der Waals surface area contributed by atoms with Crippen molar-refractivity contribution < 1.29 is 33.4 Å². The average molecular weight is 447 g/mol. The van der Waals surface area contributed by atoms with Crippen molar-refractivity contribution in [1.82, 2.24) is 9.80 Å². The van der Waals surface area contributed by atoms with Crippen molar-refractivity contribution in [2.24, 2.45) is 11.8 Å². The first kappa shape index (κ1) is 23.6. The maximum absolute atomic E-state index is 13.5. The lowest BCUT2D eigenvalue weighted by Gasteiger charge is -2.25. The van der Waals surface area contributed by atoms with Gasteiger partial charge in [0.05, 0.1) is 24.5 Å². The quantitative estimate of drug-likeness (QED) is 0.506. The molecular formula is C23H30N2O7. The number of hydrogen-bond acceptors (Lipinski definition) is 7. The SMILES string of the molecule is CCOC(=O)[C@@H]1CN(C(=O)OC(C)(C)C)C[C@H]1C(=O)N1C(=O)OC[C@@H]1Cc1ccccc1. The van der Waals surface area contributed by atoms with Gasteiger partial charge in [0, 0.05) is 13.1 Å². The van der Waals surface area contributed by atoms with E-state index < -0.39 is 47.5 Å². The number of amides is 3. The van der Waals surface area contributed by atoms with Crippen LogP contribution >= 0.6 is 0 Å². The van der Waals surface area contributed by atoms with Crippen molar-refractivity contribution >= 4 is 24.1 Å². The van der Waals surface area contributed by atoms with Gasteiger partial charge in [0.25, 0.3) is 0 Å². The molecule has 0 saturated carbocycles. The minimum Gasteiger partial charge on any atom is -0.466 e. The fourth-order valence-electron chi connectivity index (χ4n) is 3.96. The van der Waals surface area contributed by atoms with Crippen molar-refractivity contribution in [2.45, 2.75) is 45.8 Å². The van der Waals surface area contributed by atoms with Crippen molar-refractivity contribution in [2.75, 3.05) is 26.3 Å². The van der Waals surface area contributed by atoms with Crippen molar-refractivity contribution in [3.8, 4) is 0 Å². The van der Waals surface area contributed by atoms with E-state index in [2.05, 4.69) is 0 Å². The van der Waals surface area contributed by atoms with Crippen molar-refractivity contribution in [3.05, 3.63) is 35.9 Å². The third-order valence-electron chi connectivity index (χ3n) is 5.39. The van der Waals surface area contributed by atoms with Gasteiger partial charge in [-0.1, -0.05) is 30.3 Å². The van der Waals surface area contributed by atoms with Gasteiger partial charge in [-0.3, -0.25) is 9.59 Å². The topological polar surface area (TPSA) is 102 Å². The summed E-state index contributed by atoms with van der Waals surface area (Å²) in [6.07, 6.45) is -0.925. The zero-order chi connectivity index (χ0) is 23.5. The molecule has 0 bridgehead atoms. The van der Waals surface area contributed by atoms with Crippen LogP contribution in [-0.2, 0) is 30.2 Å². The summed E-state index contributed by atoms with van der Waals surface area (Å²) in [4.78, 5) is 53.5. The molecule has 32 heavy (non-hydrogen) atoms. The van der Waals surface area contributed by atoms with Crippen LogP contribution in [0.1, 0.15) is 33.3 Å². The number of benzene rings is 1. The van der Waals surface area contributed by atoms with Gasteiger partial charge in [0.15, 0.2) is 0 Å². The number of nitrogens with zero attached hydrogens (tertiary/aromatic N) is 2. The maximum atomic E-state index is 13.5. The molecule has 2 saturated heterocycles. The summed E-state index contributed by atoms with van der Waals surface area (Å²) < 4.78 is 15.7. The molecule has 9 heteroatoms. The highest BCUT2D eigenvalue weighted by Gasteiger charge is 2.50. The van der Waals surface area contributed by atoms with Crippen LogP contribution in [0.15, 0.2) is 30.3 Å². The Bertz CT molecular complexity index is 865. The molecule has 0 aliphatic carbocycles. The first-order valence-corrected chi connectivity index (χ1v) is 10.8. The van der Waals surface area contributed by atoms with Crippen molar-refractivity contribution in [1.29, 1.82) is 0 Å². The minimum atomic E-state index is -0.925. The van der Waals surface area contributed by atoms with Gasteiger partial charge < -0.3 is 19.1 Å². The van der Waals surface area contributed by atoms with Crippen molar-refractivity contribution in [3.63, 3.8) is 0 Å². The molecule has 2 aliphatic rings. The molecule has 1 aromatic rings. The maximum Gasteiger partial charge on any atom is 0.416 e. The molecule has 1 aromatic carbocycles. The second-order valence-corrected chi connectivity index (χ2v) is 8.98. The van der Waals surface area contributed by atoms with E-state index in [1.165, 1.54) is 4.90 Å². The molecule has 0 spiro atoms. The second-order valence-electron chi connectivity index (χ2n) is 8.98. The molecule has 0 aromatic heterocycles. The molecular weight excluding hydrogens is 416 g/mol. The van der Waals surface area contributed by atoms with Gasteiger partial charge in [-0.25, -0.2) is 14.5 Å². The Hall–Kier alpha value is -3.10. The second kappa shape index (κ2) is 9.58. The van der Waals surface area contributed by atoms with E-state index in [1.54, 1.807) is 27.7 Å². The molecule has 3 rings (SSSR count). The van der Waals surface area contributed by atoms with E-state index >= 15 is 0 Å².